The number of hydrogen-bond donors (Lipinski definition) is 2. The quantitative estimate of drug-likeness (QED) is 0.733. The number of urea groups is 1. The molecule has 0 saturated heterocycles. The summed E-state index contributed by atoms with van der Waals surface area (Å²) in [5.41, 5.74) is -0.835. The van der Waals surface area contributed by atoms with Gasteiger partial charge < -0.3 is 24.8 Å². The van der Waals surface area contributed by atoms with E-state index >= 15 is 0 Å². The lowest BCUT2D eigenvalue weighted by molar-refractivity contribution is -0.137. The monoisotopic (exact) mass is 404 g/mol. The second-order valence-corrected chi connectivity index (χ2v) is 5.59. The molecular formula is C17H16ClF3N2O4. The highest BCUT2D eigenvalue weighted by Crippen LogP contribution is 2.40. The van der Waals surface area contributed by atoms with Gasteiger partial charge >= 0.3 is 12.2 Å². The summed E-state index contributed by atoms with van der Waals surface area (Å²) in [6.45, 7) is 0. The number of rotatable bonds is 5. The molecule has 2 aromatic carbocycles. The van der Waals surface area contributed by atoms with E-state index in [1.807, 2.05) is 0 Å². The minimum absolute atomic E-state index is 0.0725. The first-order valence-electron chi connectivity index (χ1n) is 7.44. The minimum atomic E-state index is -4.64. The van der Waals surface area contributed by atoms with Gasteiger partial charge in [-0.2, -0.15) is 13.2 Å². The average Bonchev–Trinajstić information content (AvgIpc) is 2.61. The van der Waals surface area contributed by atoms with Crippen LogP contribution in [0, 0.1) is 0 Å². The van der Waals surface area contributed by atoms with E-state index in [2.05, 4.69) is 10.6 Å². The minimum Gasteiger partial charge on any atom is -0.493 e. The highest BCUT2D eigenvalue weighted by Gasteiger charge is 2.33. The van der Waals surface area contributed by atoms with Crippen LogP contribution in [0.5, 0.6) is 17.2 Å². The summed E-state index contributed by atoms with van der Waals surface area (Å²) >= 11 is 5.55. The molecule has 0 unspecified atom stereocenters. The highest BCUT2D eigenvalue weighted by atomic mass is 35.5. The van der Waals surface area contributed by atoms with Gasteiger partial charge in [-0.05, 0) is 18.2 Å². The van der Waals surface area contributed by atoms with E-state index in [1.165, 1.54) is 39.5 Å². The molecule has 0 aromatic heterocycles. The Bertz CT molecular complexity index is 818. The fraction of sp³-hybridized carbons (Fsp3) is 0.235. The molecule has 0 bridgehead atoms. The summed E-state index contributed by atoms with van der Waals surface area (Å²) < 4.78 is 54.2. The molecule has 2 rings (SSSR count). The molecule has 0 fully saturated rings. The lowest BCUT2D eigenvalue weighted by atomic mass is 10.2. The molecule has 0 aliphatic rings. The van der Waals surface area contributed by atoms with Gasteiger partial charge in [0.05, 0.1) is 37.6 Å². The maximum atomic E-state index is 12.9. The first-order valence-corrected chi connectivity index (χ1v) is 7.82. The standard InChI is InChI=1S/C17H16ClF3N2O4/c1-25-13-7-10(8-14(26-2)15(13)27-3)23-16(24)22-9-4-5-12(18)11(6-9)17(19,20)21/h4-8H,1-3H3,(H2,22,23,24). The summed E-state index contributed by atoms with van der Waals surface area (Å²) in [5.74, 6) is 0.939. The largest absolute Gasteiger partial charge is 0.493 e. The number of carbonyl (C=O) groups is 1. The van der Waals surface area contributed by atoms with E-state index < -0.39 is 22.8 Å². The predicted octanol–water partition coefficient (Wildman–Crippen LogP) is 5.03. The van der Waals surface area contributed by atoms with Gasteiger partial charge in [0.2, 0.25) is 5.75 Å². The molecule has 27 heavy (non-hydrogen) atoms. The van der Waals surface area contributed by atoms with E-state index in [0.29, 0.717) is 17.2 Å². The van der Waals surface area contributed by atoms with E-state index in [-0.39, 0.29) is 11.4 Å². The van der Waals surface area contributed by atoms with Gasteiger partial charge in [-0.25, -0.2) is 4.79 Å². The molecule has 0 aliphatic heterocycles. The lowest BCUT2D eigenvalue weighted by Crippen LogP contribution is -2.20. The van der Waals surface area contributed by atoms with Gasteiger partial charge in [0.25, 0.3) is 0 Å². The SMILES string of the molecule is COc1cc(NC(=O)Nc2ccc(Cl)c(C(F)(F)F)c2)cc(OC)c1OC. The van der Waals surface area contributed by atoms with Crippen molar-refractivity contribution in [2.75, 3.05) is 32.0 Å². The molecule has 10 heteroatoms. The summed E-state index contributed by atoms with van der Waals surface area (Å²) in [6.07, 6.45) is -4.64. The van der Waals surface area contributed by atoms with Crippen molar-refractivity contribution < 1.29 is 32.2 Å². The fourth-order valence-electron chi connectivity index (χ4n) is 2.27. The summed E-state index contributed by atoms with van der Waals surface area (Å²) in [7, 11) is 4.25. The molecule has 2 N–H and O–H groups in total. The van der Waals surface area contributed by atoms with Gasteiger partial charge in [-0.1, -0.05) is 11.6 Å². The van der Waals surface area contributed by atoms with Crippen molar-refractivity contribution in [2.24, 2.45) is 0 Å². The van der Waals surface area contributed by atoms with Gasteiger partial charge in [0, 0.05) is 17.8 Å². The molecule has 2 amide bonds. The van der Waals surface area contributed by atoms with Gasteiger partial charge in [-0.3, -0.25) is 0 Å². The molecule has 0 spiro atoms. The number of alkyl halides is 3. The van der Waals surface area contributed by atoms with Crippen LogP contribution < -0.4 is 24.8 Å². The van der Waals surface area contributed by atoms with E-state index in [1.54, 1.807) is 0 Å². The van der Waals surface area contributed by atoms with Crippen LogP contribution in [0.2, 0.25) is 5.02 Å². The number of anilines is 2. The van der Waals surface area contributed by atoms with Crippen molar-refractivity contribution in [3.63, 3.8) is 0 Å². The normalized spacial score (nSPS) is 10.9. The third kappa shape index (κ3) is 4.88. The summed E-state index contributed by atoms with van der Waals surface area (Å²) in [4.78, 5) is 12.1. The van der Waals surface area contributed by atoms with Gasteiger partial charge in [0.15, 0.2) is 11.5 Å². The van der Waals surface area contributed by atoms with E-state index in [0.717, 1.165) is 12.1 Å². The van der Waals surface area contributed by atoms with Gasteiger partial charge in [0.1, 0.15) is 0 Å². The van der Waals surface area contributed by atoms with Crippen LogP contribution in [0.15, 0.2) is 30.3 Å². The van der Waals surface area contributed by atoms with Crippen LogP contribution in [-0.4, -0.2) is 27.4 Å². The van der Waals surface area contributed by atoms with Crippen LogP contribution >= 0.6 is 11.6 Å². The molecule has 0 aliphatic carbocycles. The first kappa shape index (κ1) is 20.5. The number of carbonyl (C=O) groups excluding carboxylic acids is 1. The number of methoxy groups -OCH3 is 3. The van der Waals surface area contributed by atoms with Crippen molar-refractivity contribution >= 4 is 29.0 Å². The van der Waals surface area contributed by atoms with E-state index in [4.69, 9.17) is 25.8 Å². The Morgan fingerprint density at radius 3 is 1.96 bits per heavy atom. The van der Waals surface area contributed by atoms with E-state index in [9.17, 15) is 18.0 Å². The summed E-state index contributed by atoms with van der Waals surface area (Å²) in [6, 6.07) is 5.25. The Hall–Kier alpha value is -2.81. The molecule has 0 atom stereocenters. The molecule has 146 valence electrons. The highest BCUT2D eigenvalue weighted by molar-refractivity contribution is 6.31. The third-order valence-corrected chi connectivity index (χ3v) is 3.78. The molecule has 0 heterocycles. The van der Waals surface area contributed by atoms with Crippen molar-refractivity contribution in [3.05, 3.63) is 40.9 Å². The van der Waals surface area contributed by atoms with Gasteiger partial charge in [-0.15, -0.1) is 0 Å². The van der Waals surface area contributed by atoms with Crippen LogP contribution in [0.4, 0.5) is 29.3 Å². The van der Waals surface area contributed by atoms with Crippen molar-refractivity contribution in [2.45, 2.75) is 6.18 Å². The number of amides is 2. The molecule has 2 aromatic rings. The maximum Gasteiger partial charge on any atom is 0.417 e. The Balaban J connectivity index is 2.21. The van der Waals surface area contributed by atoms with Crippen molar-refractivity contribution in [3.8, 4) is 17.2 Å². The molecule has 0 radical (unpaired) electrons. The van der Waals surface area contributed by atoms with Crippen LogP contribution in [0.1, 0.15) is 5.56 Å². The number of ether oxygens (including phenoxy) is 3. The summed E-state index contributed by atoms with van der Waals surface area (Å²) in [5, 5.41) is 4.34. The fourth-order valence-corrected chi connectivity index (χ4v) is 2.49. The lowest BCUT2D eigenvalue weighted by Gasteiger charge is -2.15. The second kappa shape index (κ2) is 8.26. The molecule has 0 saturated carbocycles. The zero-order valence-electron chi connectivity index (χ0n) is 14.5. The topological polar surface area (TPSA) is 68.8 Å². The van der Waals surface area contributed by atoms with Crippen LogP contribution in [0.3, 0.4) is 0 Å². The number of halogens is 4. The van der Waals surface area contributed by atoms with Crippen molar-refractivity contribution in [1.82, 2.24) is 0 Å². The second-order valence-electron chi connectivity index (χ2n) is 5.19. The van der Waals surface area contributed by atoms with Crippen LogP contribution in [-0.2, 0) is 6.18 Å². The number of benzene rings is 2. The smallest absolute Gasteiger partial charge is 0.417 e. The molecular weight excluding hydrogens is 389 g/mol. The zero-order chi connectivity index (χ0) is 20.2. The number of nitrogens with one attached hydrogen (secondary N) is 2. The number of hydrogen-bond acceptors (Lipinski definition) is 4. The van der Waals surface area contributed by atoms with Crippen molar-refractivity contribution in [1.29, 1.82) is 0 Å². The van der Waals surface area contributed by atoms with Crippen LogP contribution in [0.25, 0.3) is 0 Å². The third-order valence-electron chi connectivity index (χ3n) is 3.45. The first-order chi connectivity index (χ1) is 12.7. The Morgan fingerprint density at radius 2 is 1.48 bits per heavy atom. The average molecular weight is 405 g/mol. The maximum absolute atomic E-state index is 12.9. The molecule has 6 nitrogen and oxygen atoms in total. The Kier molecular flexibility index (Phi) is 6.27. The predicted molar refractivity (Wildman–Crippen MR) is 95.2 cm³/mol. The Labute approximate surface area is 158 Å². The zero-order valence-corrected chi connectivity index (χ0v) is 15.3. The Morgan fingerprint density at radius 1 is 0.926 bits per heavy atom.